The number of carbonyl (C=O) groups excluding carboxylic acids is 3. The van der Waals surface area contributed by atoms with Gasteiger partial charge < -0.3 is 10.2 Å². The Bertz CT molecular complexity index is 965. The summed E-state index contributed by atoms with van der Waals surface area (Å²) >= 11 is 0. The molecule has 0 unspecified atom stereocenters. The van der Waals surface area contributed by atoms with E-state index in [4.69, 9.17) is 0 Å². The Kier molecular flexibility index (Phi) is 5.44. The molecule has 0 saturated carbocycles. The van der Waals surface area contributed by atoms with Gasteiger partial charge in [0.25, 0.3) is 5.91 Å². The highest BCUT2D eigenvalue weighted by Gasteiger charge is 2.45. The number of rotatable bonds is 4. The van der Waals surface area contributed by atoms with Crippen LogP contribution in [-0.2, 0) is 19.6 Å². The minimum Gasteiger partial charge on any atom is -0.338 e. The zero-order valence-corrected chi connectivity index (χ0v) is 17.9. The van der Waals surface area contributed by atoms with Crippen molar-refractivity contribution in [1.29, 1.82) is 0 Å². The van der Waals surface area contributed by atoms with Gasteiger partial charge in [-0.2, -0.15) is 4.31 Å². The summed E-state index contributed by atoms with van der Waals surface area (Å²) in [6, 6.07) is 4.70. The molecular weight excluding hydrogens is 396 g/mol. The molecule has 158 valence electrons. The van der Waals surface area contributed by atoms with E-state index in [-0.39, 0.29) is 43.5 Å². The average molecular weight is 423 g/mol. The molecule has 2 heterocycles. The fourth-order valence-corrected chi connectivity index (χ4v) is 5.23. The van der Waals surface area contributed by atoms with Gasteiger partial charge in [-0.1, -0.05) is 12.1 Å². The average Bonchev–Trinajstić information content (AvgIpc) is 2.85. The van der Waals surface area contributed by atoms with Gasteiger partial charge in [0.1, 0.15) is 12.1 Å². The number of carbonyl (C=O) groups is 3. The number of hydrogen-bond donors (Lipinski definition) is 1. The van der Waals surface area contributed by atoms with Crippen molar-refractivity contribution in [2.45, 2.75) is 38.1 Å². The molecule has 2 saturated heterocycles. The number of benzene rings is 1. The van der Waals surface area contributed by atoms with Gasteiger partial charge in [0.15, 0.2) is 0 Å². The summed E-state index contributed by atoms with van der Waals surface area (Å²) in [6.45, 7) is 7.13. The van der Waals surface area contributed by atoms with Crippen LogP contribution < -0.4 is 5.32 Å². The highest BCUT2D eigenvalue weighted by Crippen LogP contribution is 2.23. The van der Waals surface area contributed by atoms with E-state index in [9.17, 15) is 22.8 Å². The Labute approximate surface area is 170 Å². The van der Waals surface area contributed by atoms with Crippen molar-refractivity contribution in [2.24, 2.45) is 0 Å². The van der Waals surface area contributed by atoms with Crippen LogP contribution >= 0.6 is 0 Å². The summed E-state index contributed by atoms with van der Waals surface area (Å²) in [5.41, 5.74) is 0.505. The number of urea groups is 1. The number of amides is 4. The molecule has 0 aromatic heterocycles. The zero-order chi connectivity index (χ0) is 21.6. The number of aryl methyl sites for hydroxylation is 2. The highest BCUT2D eigenvalue weighted by atomic mass is 32.2. The number of nitrogens with zero attached hydrogens (tertiary/aromatic N) is 3. The lowest BCUT2D eigenvalue weighted by atomic mass is 10.1. The summed E-state index contributed by atoms with van der Waals surface area (Å²) in [6.07, 6.45) is 0. The fourth-order valence-electron chi connectivity index (χ4n) is 3.50. The number of imide groups is 1. The molecule has 2 fully saturated rings. The molecular formula is C19H26N4O5S. The van der Waals surface area contributed by atoms with Crippen LogP contribution in [-0.4, -0.2) is 78.6 Å². The van der Waals surface area contributed by atoms with E-state index >= 15 is 0 Å². The van der Waals surface area contributed by atoms with E-state index < -0.39 is 27.5 Å². The molecule has 0 bridgehead atoms. The normalized spacial score (nSPS) is 20.1. The van der Waals surface area contributed by atoms with Crippen LogP contribution in [0.15, 0.2) is 23.1 Å². The van der Waals surface area contributed by atoms with Gasteiger partial charge in [-0.05, 0) is 44.9 Å². The van der Waals surface area contributed by atoms with Crippen molar-refractivity contribution < 1.29 is 22.8 Å². The molecule has 10 heteroatoms. The van der Waals surface area contributed by atoms with Gasteiger partial charge in [-0.3, -0.25) is 14.5 Å². The van der Waals surface area contributed by atoms with Gasteiger partial charge in [0.05, 0.1) is 4.90 Å². The van der Waals surface area contributed by atoms with Gasteiger partial charge in [0, 0.05) is 26.2 Å². The minimum absolute atomic E-state index is 0.160. The van der Waals surface area contributed by atoms with Gasteiger partial charge in [-0.25, -0.2) is 13.2 Å². The highest BCUT2D eigenvalue weighted by molar-refractivity contribution is 7.89. The van der Waals surface area contributed by atoms with E-state index in [1.807, 2.05) is 13.0 Å². The van der Waals surface area contributed by atoms with E-state index in [0.717, 1.165) is 10.5 Å². The molecule has 0 atom stereocenters. The molecule has 3 rings (SSSR count). The molecule has 9 nitrogen and oxygen atoms in total. The predicted octanol–water partition coefficient (Wildman–Crippen LogP) is 0.467. The van der Waals surface area contributed by atoms with E-state index in [1.54, 1.807) is 32.9 Å². The molecule has 2 aliphatic heterocycles. The monoisotopic (exact) mass is 422 g/mol. The van der Waals surface area contributed by atoms with E-state index in [1.165, 1.54) is 9.21 Å². The molecule has 0 radical (unpaired) electrons. The van der Waals surface area contributed by atoms with Crippen LogP contribution in [0.4, 0.5) is 4.79 Å². The first-order valence-electron chi connectivity index (χ1n) is 9.43. The predicted molar refractivity (Wildman–Crippen MR) is 106 cm³/mol. The number of nitrogens with one attached hydrogen (secondary N) is 1. The van der Waals surface area contributed by atoms with Crippen molar-refractivity contribution in [1.82, 2.24) is 19.4 Å². The lowest BCUT2D eigenvalue weighted by Gasteiger charge is -2.34. The second-order valence-corrected chi connectivity index (χ2v) is 9.91. The van der Waals surface area contributed by atoms with Gasteiger partial charge >= 0.3 is 6.03 Å². The molecule has 1 N–H and O–H groups in total. The third-order valence-corrected chi connectivity index (χ3v) is 7.33. The van der Waals surface area contributed by atoms with Crippen molar-refractivity contribution in [3.63, 3.8) is 0 Å². The molecule has 0 aliphatic carbocycles. The maximum absolute atomic E-state index is 13.0. The smallest absolute Gasteiger partial charge is 0.325 e. The Balaban J connectivity index is 1.64. The quantitative estimate of drug-likeness (QED) is 0.710. The third-order valence-electron chi connectivity index (χ3n) is 5.29. The van der Waals surface area contributed by atoms with Crippen molar-refractivity contribution in [3.05, 3.63) is 29.3 Å². The number of hydrogen-bond acceptors (Lipinski definition) is 5. The molecule has 2 aliphatic rings. The summed E-state index contributed by atoms with van der Waals surface area (Å²) in [5, 5.41) is 2.54. The first-order chi connectivity index (χ1) is 13.4. The standard InChI is InChI=1S/C19H26N4O5S/c1-13-5-6-14(2)15(11-13)29(27,28)22-9-7-21(8-10-22)16(24)12-23-17(25)19(3,4)20-18(23)26/h5-6,11H,7-10,12H2,1-4H3,(H,20,26). The SMILES string of the molecule is Cc1ccc(C)c(S(=O)(=O)N2CCN(C(=O)CN3C(=O)NC(C)(C)C3=O)CC2)c1. The Hall–Kier alpha value is -2.46. The van der Waals surface area contributed by atoms with Crippen LogP contribution in [0.1, 0.15) is 25.0 Å². The third kappa shape index (κ3) is 3.99. The summed E-state index contributed by atoms with van der Waals surface area (Å²) in [7, 11) is -3.65. The van der Waals surface area contributed by atoms with Crippen LogP contribution in [0.5, 0.6) is 0 Å². The summed E-state index contributed by atoms with van der Waals surface area (Å²) in [4.78, 5) is 39.4. The van der Waals surface area contributed by atoms with E-state index in [2.05, 4.69) is 5.32 Å². The minimum atomic E-state index is -3.65. The topological polar surface area (TPSA) is 107 Å². The van der Waals surface area contributed by atoms with Crippen LogP contribution in [0, 0.1) is 13.8 Å². The largest absolute Gasteiger partial charge is 0.338 e. The first-order valence-corrected chi connectivity index (χ1v) is 10.9. The molecule has 4 amide bonds. The van der Waals surface area contributed by atoms with Crippen molar-refractivity contribution in [3.8, 4) is 0 Å². The Morgan fingerprint density at radius 3 is 2.28 bits per heavy atom. The van der Waals surface area contributed by atoms with Crippen LogP contribution in [0.25, 0.3) is 0 Å². The fraction of sp³-hybridized carbons (Fsp3) is 0.526. The number of piperazine rings is 1. The Morgan fingerprint density at radius 1 is 1.10 bits per heavy atom. The molecule has 0 spiro atoms. The van der Waals surface area contributed by atoms with E-state index in [0.29, 0.717) is 5.56 Å². The van der Waals surface area contributed by atoms with Crippen LogP contribution in [0.3, 0.4) is 0 Å². The lowest BCUT2D eigenvalue weighted by molar-refractivity contribution is -0.139. The number of sulfonamides is 1. The summed E-state index contributed by atoms with van der Waals surface area (Å²) in [5.74, 6) is -0.832. The molecule has 1 aromatic rings. The molecule has 29 heavy (non-hydrogen) atoms. The Morgan fingerprint density at radius 2 is 1.72 bits per heavy atom. The lowest BCUT2D eigenvalue weighted by Crippen LogP contribution is -2.53. The van der Waals surface area contributed by atoms with Crippen molar-refractivity contribution in [2.75, 3.05) is 32.7 Å². The maximum atomic E-state index is 13.0. The van der Waals surface area contributed by atoms with Crippen molar-refractivity contribution >= 4 is 27.9 Å². The summed E-state index contributed by atoms with van der Waals surface area (Å²) < 4.78 is 27.3. The maximum Gasteiger partial charge on any atom is 0.325 e. The van der Waals surface area contributed by atoms with Crippen LogP contribution in [0.2, 0.25) is 0 Å². The first kappa shape index (κ1) is 21.3. The second kappa shape index (κ2) is 7.42. The van der Waals surface area contributed by atoms with Gasteiger partial charge in [0.2, 0.25) is 15.9 Å². The van der Waals surface area contributed by atoms with Gasteiger partial charge in [-0.15, -0.1) is 0 Å². The second-order valence-electron chi connectivity index (χ2n) is 8.00. The zero-order valence-electron chi connectivity index (χ0n) is 17.1. The molecule has 1 aromatic carbocycles.